The Morgan fingerprint density at radius 1 is 0.951 bits per heavy atom. The maximum absolute atomic E-state index is 13.4. The molecule has 0 atom stereocenters. The third-order valence-corrected chi connectivity index (χ3v) is 7.71. The number of amides is 2. The van der Waals surface area contributed by atoms with E-state index in [-0.39, 0.29) is 11.9 Å². The number of benzene rings is 3. The number of rotatable bonds is 7. The molecule has 5 rings (SSSR count). The summed E-state index contributed by atoms with van der Waals surface area (Å²) in [4.78, 5) is 40.8. The second kappa shape index (κ2) is 13.5. The van der Waals surface area contributed by atoms with Crippen LogP contribution in [0.5, 0.6) is 0 Å². The SMILES string of the molecule is CC.O=C(NSc1ccc(Cl)s1)Nc1ccc(-n2c(=O)[nH]c3cc(NCc4ccc(F)c(F)c4)ccc3c2=O)cc1. The summed E-state index contributed by atoms with van der Waals surface area (Å²) < 4.78 is 31.7. The minimum absolute atomic E-state index is 0.212. The van der Waals surface area contributed by atoms with E-state index in [9.17, 15) is 23.2 Å². The van der Waals surface area contributed by atoms with E-state index in [1.54, 1.807) is 54.6 Å². The number of urea groups is 1. The molecule has 0 aliphatic rings. The molecule has 0 fully saturated rings. The maximum atomic E-state index is 13.4. The molecular weight excluding hydrogens is 592 g/mol. The summed E-state index contributed by atoms with van der Waals surface area (Å²) in [5, 5.41) is 6.01. The van der Waals surface area contributed by atoms with Gasteiger partial charge in [0, 0.05) is 17.9 Å². The van der Waals surface area contributed by atoms with Crippen molar-refractivity contribution in [2.75, 3.05) is 10.6 Å². The van der Waals surface area contributed by atoms with Crippen LogP contribution in [0.15, 0.2) is 86.6 Å². The van der Waals surface area contributed by atoms with E-state index in [4.69, 9.17) is 11.6 Å². The van der Waals surface area contributed by atoms with E-state index in [0.717, 1.165) is 32.9 Å². The second-order valence-electron chi connectivity index (χ2n) is 8.20. The molecule has 2 aromatic heterocycles. The van der Waals surface area contributed by atoms with Crippen LogP contribution in [0.3, 0.4) is 0 Å². The Balaban J connectivity index is 0.00000189. The van der Waals surface area contributed by atoms with Crippen molar-refractivity contribution in [3.63, 3.8) is 0 Å². The molecule has 0 aliphatic carbocycles. The molecule has 0 radical (unpaired) electrons. The van der Waals surface area contributed by atoms with Crippen molar-refractivity contribution >= 4 is 63.2 Å². The third kappa shape index (κ3) is 7.34. The monoisotopic (exact) mass is 615 g/mol. The van der Waals surface area contributed by atoms with Crippen molar-refractivity contribution < 1.29 is 13.6 Å². The van der Waals surface area contributed by atoms with Crippen molar-refractivity contribution in [1.82, 2.24) is 14.3 Å². The zero-order valence-corrected chi connectivity index (χ0v) is 24.1. The van der Waals surface area contributed by atoms with E-state index in [2.05, 4.69) is 20.3 Å². The van der Waals surface area contributed by atoms with Crippen molar-refractivity contribution in [2.24, 2.45) is 0 Å². The van der Waals surface area contributed by atoms with Crippen LogP contribution in [0.4, 0.5) is 25.0 Å². The predicted molar refractivity (Wildman–Crippen MR) is 163 cm³/mol. The van der Waals surface area contributed by atoms with Gasteiger partial charge < -0.3 is 15.6 Å². The molecular formula is C28H24ClF2N5O3S2. The lowest BCUT2D eigenvalue weighted by Gasteiger charge is -2.11. The molecule has 0 spiro atoms. The number of thiophene rings is 1. The first kappa shape index (κ1) is 29.8. The van der Waals surface area contributed by atoms with E-state index in [1.807, 2.05) is 13.8 Å². The Morgan fingerprint density at radius 3 is 2.37 bits per heavy atom. The van der Waals surface area contributed by atoms with Gasteiger partial charge in [0.05, 0.1) is 25.1 Å². The standard InChI is InChI=1S/C26H18ClF2N5O3S2.C2H6/c27-22-9-10-23(38-22)39-33-25(36)31-15-2-5-17(6-3-15)34-24(35)18-7-4-16(12-21(18)32-26(34)37)30-13-14-1-8-19(28)20(29)11-14;1-2/h1-12,30H,13H2,(H,32,37)(H2,31,33,36);1-2H3. The highest BCUT2D eigenvalue weighted by atomic mass is 35.5. The molecule has 0 aliphatic heterocycles. The first-order valence-electron chi connectivity index (χ1n) is 12.3. The summed E-state index contributed by atoms with van der Waals surface area (Å²) in [6.45, 7) is 4.21. The molecule has 2 amide bonds. The lowest BCUT2D eigenvalue weighted by atomic mass is 10.2. The number of hydrogen-bond donors (Lipinski definition) is 4. The van der Waals surface area contributed by atoms with Crippen LogP contribution in [0.25, 0.3) is 16.6 Å². The molecule has 8 nitrogen and oxygen atoms in total. The Bertz CT molecular complexity index is 1810. The van der Waals surface area contributed by atoms with Crippen LogP contribution in [0.1, 0.15) is 19.4 Å². The summed E-state index contributed by atoms with van der Waals surface area (Å²) in [5.74, 6) is -1.87. The summed E-state index contributed by atoms with van der Waals surface area (Å²) in [6.07, 6.45) is 0. The van der Waals surface area contributed by atoms with Gasteiger partial charge in [-0.1, -0.05) is 31.5 Å². The first-order chi connectivity index (χ1) is 19.8. The number of aromatic amines is 1. The van der Waals surface area contributed by atoms with E-state index >= 15 is 0 Å². The van der Waals surface area contributed by atoms with Gasteiger partial charge in [-0.3, -0.25) is 9.52 Å². The molecule has 0 bridgehead atoms. The highest BCUT2D eigenvalue weighted by molar-refractivity contribution is 7.99. The maximum Gasteiger partial charge on any atom is 0.333 e. The van der Waals surface area contributed by atoms with Crippen molar-refractivity contribution in [1.29, 1.82) is 0 Å². The molecule has 2 heterocycles. The summed E-state index contributed by atoms with van der Waals surface area (Å²) in [6, 6.07) is 17.7. The number of halogens is 3. The highest BCUT2D eigenvalue weighted by Gasteiger charge is 2.11. The minimum Gasteiger partial charge on any atom is -0.381 e. The van der Waals surface area contributed by atoms with Gasteiger partial charge in [0.15, 0.2) is 11.6 Å². The minimum atomic E-state index is -0.941. The fourth-order valence-corrected chi connectivity index (χ4v) is 5.57. The highest BCUT2D eigenvalue weighted by Crippen LogP contribution is 2.28. The molecule has 212 valence electrons. The quantitative estimate of drug-likeness (QED) is 0.146. The number of anilines is 2. The Hall–Kier alpha value is -4.13. The molecule has 4 N–H and O–H groups in total. The number of carbonyl (C=O) groups is 1. The van der Waals surface area contributed by atoms with Crippen LogP contribution >= 0.6 is 34.9 Å². The van der Waals surface area contributed by atoms with Crippen LogP contribution in [-0.2, 0) is 6.54 Å². The van der Waals surface area contributed by atoms with Crippen molar-refractivity contribution in [3.05, 3.63) is 115 Å². The lowest BCUT2D eigenvalue weighted by molar-refractivity contribution is 0.257. The Kier molecular flexibility index (Phi) is 9.82. The van der Waals surface area contributed by atoms with Gasteiger partial charge in [-0.25, -0.2) is 22.9 Å². The Labute approximate surface area is 246 Å². The zero-order valence-electron chi connectivity index (χ0n) is 21.8. The van der Waals surface area contributed by atoms with Crippen molar-refractivity contribution in [3.8, 4) is 5.69 Å². The molecule has 0 saturated carbocycles. The summed E-state index contributed by atoms with van der Waals surface area (Å²) >= 11 is 8.34. The van der Waals surface area contributed by atoms with Crippen LogP contribution in [0.2, 0.25) is 4.34 Å². The van der Waals surface area contributed by atoms with Crippen molar-refractivity contribution in [2.45, 2.75) is 24.6 Å². The number of aromatic nitrogens is 2. The summed E-state index contributed by atoms with van der Waals surface area (Å²) in [5.41, 5.74) is 1.03. The third-order valence-electron chi connectivity index (χ3n) is 5.55. The molecule has 41 heavy (non-hydrogen) atoms. The van der Waals surface area contributed by atoms with Gasteiger partial charge >= 0.3 is 11.7 Å². The molecule has 0 unspecified atom stereocenters. The van der Waals surface area contributed by atoms with Gasteiger partial charge in [-0.15, -0.1) is 11.3 Å². The van der Waals surface area contributed by atoms with Gasteiger partial charge in [0.2, 0.25) is 0 Å². The molecule has 13 heteroatoms. The van der Waals surface area contributed by atoms with E-state index in [1.165, 1.54) is 17.4 Å². The zero-order chi connectivity index (χ0) is 29.5. The molecule has 0 saturated heterocycles. The lowest BCUT2D eigenvalue weighted by Crippen LogP contribution is -2.33. The predicted octanol–water partition coefficient (Wildman–Crippen LogP) is 7.14. The largest absolute Gasteiger partial charge is 0.381 e. The number of nitrogens with one attached hydrogen (secondary N) is 4. The van der Waals surface area contributed by atoms with Gasteiger partial charge in [-0.2, -0.15) is 0 Å². The second-order valence-corrected chi connectivity index (χ2v) is 11.0. The number of fused-ring (bicyclic) bond motifs is 1. The number of carbonyl (C=O) groups excluding carboxylic acids is 1. The molecule has 3 aromatic carbocycles. The fourth-order valence-electron chi connectivity index (χ4n) is 3.72. The Morgan fingerprint density at radius 2 is 1.68 bits per heavy atom. The van der Waals surface area contributed by atoms with Gasteiger partial charge in [-0.05, 0) is 84.2 Å². The molecule has 5 aromatic rings. The van der Waals surface area contributed by atoms with E-state index in [0.29, 0.717) is 32.5 Å². The normalized spacial score (nSPS) is 10.6. The van der Waals surface area contributed by atoms with Crippen LogP contribution < -0.4 is 26.6 Å². The topological polar surface area (TPSA) is 108 Å². The first-order valence-corrected chi connectivity index (χ1v) is 14.3. The van der Waals surface area contributed by atoms with Gasteiger partial charge in [0.1, 0.15) is 0 Å². The summed E-state index contributed by atoms with van der Waals surface area (Å²) in [7, 11) is 0. The number of H-pyrrole nitrogens is 1. The average molecular weight is 616 g/mol. The number of hydrogen-bond acceptors (Lipinski definition) is 6. The van der Waals surface area contributed by atoms with Crippen LogP contribution in [0, 0.1) is 11.6 Å². The van der Waals surface area contributed by atoms with Crippen LogP contribution in [-0.4, -0.2) is 15.6 Å². The smallest absolute Gasteiger partial charge is 0.333 e. The fraction of sp³-hybridized carbons (Fsp3) is 0.107. The average Bonchev–Trinajstić information content (AvgIpc) is 3.39. The number of nitrogens with zero attached hydrogens (tertiary/aromatic N) is 1. The van der Waals surface area contributed by atoms with E-state index < -0.39 is 28.9 Å². The van der Waals surface area contributed by atoms with Gasteiger partial charge in [0.25, 0.3) is 5.56 Å².